The van der Waals surface area contributed by atoms with Gasteiger partial charge in [-0.3, -0.25) is 4.57 Å². The van der Waals surface area contributed by atoms with E-state index < -0.39 is 0 Å². The zero-order valence-electron chi connectivity index (χ0n) is 11.5. The van der Waals surface area contributed by atoms with Crippen molar-refractivity contribution in [3.63, 3.8) is 0 Å². The molecule has 0 fully saturated rings. The van der Waals surface area contributed by atoms with E-state index in [0.29, 0.717) is 16.3 Å². The highest BCUT2D eigenvalue weighted by atomic mass is 79.9. The quantitative estimate of drug-likeness (QED) is 0.697. The topological polar surface area (TPSA) is 39.2 Å². The van der Waals surface area contributed by atoms with E-state index in [1.807, 2.05) is 41.0 Å². The van der Waals surface area contributed by atoms with Crippen molar-refractivity contribution in [2.45, 2.75) is 0 Å². The third kappa shape index (κ3) is 2.45. The minimum Gasteiger partial charge on any atom is -0.493 e. The van der Waals surface area contributed by atoms with Crippen LogP contribution in [-0.2, 0) is 0 Å². The summed E-state index contributed by atoms with van der Waals surface area (Å²) in [6, 6.07) is 11.7. The summed E-state index contributed by atoms with van der Waals surface area (Å²) in [5, 5.41) is 0. The molecule has 0 unspecified atom stereocenters. The van der Waals surface area contributed by atoms with Crippen LogP contribution in [0.1, 0.15) is 0 Å². The number of halogens is 1. The van der Waals surface area contributed by atoms with Gasteiger partial charge in [0.1, 0.15) is 0 Å². The van der Waals surface area contributed by atoms with Gasteiger partial charge in [0.05, 0.1) is 30.9 Å². The maximum Gasteiger partial charge on any atom is 0.182 e. The van der Waals surface area contributed by atoms with Crippen LogP contribution in [0.4, 0.5) is 0 Å². The van der Waals surface area contributed by atoms with Gasteiger partial charge in [-0.05, 0) is 42.5 Å². The molecule has 4 nitrogen and oxygen atoms in total. The zero-order chi connectivity index (χ0) is 15.0. The molecule has 0 aliphatic carbocycles. The average Bonchev–Trinajstić information content (AvgIpc) is 2.81. The second-order valence-corrected chi connectivity index (χ2v) is 5.77. The summed E-state index contributed by atoms with van der Waals surface area (Å²) in [4.78, 5) is 3.20. The van der Waals surface area contributed by atoms with Gasteiger partial charge in [-0.1, -0.05) is 15.9 Å². The Morgan fingerprint density at radius 3 is 2.52 bits per heavy atom. The average molecular weight is 365 g/mol. The van der Waals surface area contributed by atoms with E-state index in [0.717, 1.165) is 21.2 Å². The maximum absolute atomic E-state index is 5.44. The molecule has 3 rings (SSSR count). The fourth-order valence-corrected chi connectivity index (χ4v) is 2.96. The van der Waals surface area contributed by atoms with Crippen LogP contribution in [-0.4, -0.2) is 23.8 Å². The van der Waals surface area contributed by atoms with E-state index >= 15 is 0 Å². The lowest BCUT2D eigenvalue weighted by molar-refractivity contribution is 0.355. The highest BCUT2D eigenvalue weighted by Gasteiger charge is 2.10. The molecular formula is C15H13BrN2O2S. The first-order valence-electron chi connectivity index (χ1n) is 6.26. The molecule has 2 aromatic carbocycles. The predicted molar refractivity (Wildman–Crippen MR) is 89.3 cm³/mol. The zero-order valence-corrected chi connectivity index (χ0v) is 13.9. The third-order valence-electron chi connectivity index (χ3n) is 3.27. The van der Waals surface area contributed by atoms with Crippen molar-refractivity contribution in [3.8, 4) is 17.2 Å². The summed E-state index contributed by atoms with van der Waals surface area (Å²) in [7, 11) is 3.23. The number of benzene rings is 2. The number of methoxy groups -OCH3 is 2. The van der Waals surface area contributed by atoms with E-state index in [9.17, 15) is 0 Å². The van der Waals surface area contributed by atoms with Gasteiger partial charge in [-0.2, -0.15) is 0 Å². The van der Waals surface area contributed by atoms with Crippen molar-refractivity contribution in [3.05, 3.63) is 45.6 Å². The molecule has 0 spiro atoms. The lowest BCUT2D eigenvalue weighted by Gasteiger charge is -2.11. The third-order valence-corrected chi connectivity index (χ3v) is 4.05. The van der Waals surface area contributed by atoms with Crippen LogP contribution < -0.4 is 9.47 Å². The Hall–Kier alpha value is -1.79. The van der Waals surface area contributed by atoms with Gasteiger partial charge in [0.15, 0.2) is 16.3 Å². The van der Waals surface area contributed by atoms with E-state index in [1.54, 1.807) is 14.2 Å². The summed E-state index contributed by atoms with van der Waals surface area (Å²) in [5.74, 6) is 1.36. The summed E-state index contributed by atoms with van der Waals surface area (Å²) >= 11 is 8.93. The molecule has 0 radical (unpaired) electrons. The van der Waals surface area contributed by atoms with Crippen molar-refractivity contribution in [2.75, 3.05) is 14.2 Å². The molecule has 6 heteroatoms. The molecule has 1 heterocycles. The first-order valence-corrected chi connectivity index (χ1v) is 7.47. The van der Waals surface area contributed by atoms with Crippen LogP contribution in [0, 0.1) is 4.77 Å². The number of H-pyrrole nitrogens is 1. The lowest BCUT2D eigenvalue weighted by atomic mass is 10.2. The van der Waals surface area contributed by atoms with Gasteiger partial charge in [-0.15, -0.1) is 0 Å². The molecule has 0 saturated heterocycles. The second kappa shape index (κ2) is 5.54. The van der Waals surface area contributed by atoms with Crippen molar-refractivity contribution >= 4 is 39.2 Å². The Bertz CT molecular complexity index is 870. The van der Waals surface area contributed by atoms with Crippen LogP contribution >= 0.6 is 28.1 Å². The van der Waals surface area contributed by atoms with Gasteiger partial charge < -0.3 is 14.5 Å². The van der Waals surface area contributed by atoms with Gasteiger partial charge in [0, 0.05) is 10.5 Å². The molecule has 0 amide bonds. The molecule has 1 N–H and O–H groups in total. The van der Waals surface area contributed by atoms with Gasteiger partial charge >= 0.3 is 0 Å². The predicted octanol–water partition coefficient (Wildman–Crippen LogP) is 4.47. The first-order chi connectivity index (χ1) is 10.1. The summed E-state index contributed by atoms with van der Waals surface area (Å²) in [5.41, 5.74) is 2.90. The molecule has 21 heavy (non-hydrogen) atoms. The maximum atomic E-state index is 5.44. The lowest BCUT2D eigenvalue weighted by Crippen LogP contribution is -1.97. The molecule has 0 saturated carbocycles. The Labute approximate surface area is 135 Å². The molecular weight excluding hydrogens is 352 g/mol. The molecule has 0 bridgehead atoms. The van der Waals surface area contributed by atoms with Crippen molar-refractivity contribution < 1.29 is 9.47 Å². The largest absolute Gasteiger partial charge is 0.493 e. The number of hydrogen-bond donors (Lipinski definition) is 1. The number of fused-ring (bicyclic) bond motifs is 1. The molecule has 0 aliphatic rings. The van der Waals surface area contributed by atoms with Crippen LogP contribution in [0.15, 0.2) is 40.9 Å². The Morgan fingerprint density at radius 1 is 1.05 bits per heavy atom. The van der Waals surface area contributed by atoms with Crippen molar-refractivity contribution in [2.24, 2.45) is 0 Å². The molecule has 108 valence electrons. The Morgan fingerprint density at radius 2 is 1.81 bits per heavy atom. The minimum absolute atomic E-state index is 0.635. The highest BCUT2D eigenvalue weighted by molar-refractivity contribution is 9.10. The second-order valence-electron chi connectivity index (χ2n) is 4.47. The van der Waals surface area contributed by atoms with Crippen LogP contribution in [0.25, 0.3) is 16.7 Å². The van der Waals surface area contributed by atoms with Gasteiger partial charge in [-0.25, -0.2) is 0 Å². The molecule has 1 aromatic heterocycles. The number of aromatic amines is 1. The summed E-state index contributed by atoms with van der Waals surface area (Å²) < 4.78 is 14.2. The van der Waals surface area contributed by atoms with Crippen LogP contribution in [0.2, 0.25) is 0 Å². The van der Waals surface area contributed by atoms with E-state index in [-0.39, 0.29) is 0 Å². The minimum atomic E-state index is 0.635. The monoisotopic (exact) mass is 364 g/mol. The highest BCUT2D eigenvalue weighted by Crippen LogP contribution is 2.31. The van der Waals surface area contributed by atoms with Gasteiger partial charge in [0.2, 0.25) is 0 Å². The van der Waals surface area contributed by atoms with Gasteiger partial charge in [0.25, 0.3) is 0 Å². The number of nitrogens with zero attached hydrogens (tertiary/aromatic N) is 1. The summed E-state index contributed by atoms with van der Waals surface area (Å²) in [6.45, 7) is 0. The smallest absolute Gasteiger partial charge is 0.182 e. The Balaban J connectivity index is 2.27. The Kier molecular flexibility index (Phi) is 3.73. The normalized spacial score (nSPS) is 10.8. The molecule has 0 atom stereocenters. The van der Waals surface area contributed by atoms with E-state index in [2.05, 4.69) is 20.9 Å². The van der Waals surface area contributed by atoms with E-state index in [1.165, 1.54) is 0 Å². The SMILES string of the molecule is COc1ccc(-n2c(=S)[nH]c3ccc(Br)cc32)cc1OC. The summed E-state index contributed by atoms with van der Waals surface area (Å²) in [6.07, 6.45) is 0. The fraction of sp³-hybridized carbons (Fsp3) is 0.133. The van der Waals surface area contributed by atoms with Crippen LogP contribution in [0.3, 0.4) is 0 Å². The van der Waals surface area contributed by atoms with Crippen LogP contribution in [0.5, 0.6) is 11.5 Å². The van der Waals surface area contributed by atoms with Crippen molar-refractivity contribution in [1.82, 2.24) is 9.55 Å². The number of aromatic nitrogens is 2. The number of imidazole rings is 1. The fourth-order valence-electron chi connectivity index (χ4n) is 2.30. The molecule has 3 aromatic rings. The number of hydrogen-bond acceptors (Lipinski definition) is 3. The number of ether oxygens (including phenoxy) is 2. The molecule has 0 aliphatic heterocycles. The number of rotatable bonds is 3. The first kappa shape index (κ1) is 14.2. The van der Waals surface area contributed by atoms with Crippen molar-refractivity contribution in [1.29, 1.82) is 0 Å². The standard InChI is InChI=1S/C15H13BrN2O2S/c1-19-13-6-4-10(8-14(13)20-2)18-12-7-9(16)3-5-11(12)17-15(18)21/h3-8H,1-2H3,(H,17,21). The number of nitrogens with one attached hydrogen (secondary N) is 1. The van der Waals surface area contributed by atoms with E-state index in [4.69, 9.17) is 21.7 Å².